The maximum absolute atomic E-state index is 13.2. The number of phenolic OH excluding ortho intramolecular Hbond substituents is 1. The fourth-order valence-electron chi connectivity index (χ4n) is 4.41. The van der Waals surface area contributed by atoms with E-state index in [1.54, 1.807) is 44.2 Å². The van der Waals surface area contributed by atoms with Crippen molar-refractivity contribution in [1.82, 2.24) is 16.0 Å². The van der Waals surface area contributed by atoms with Crippen LogP contribution in [-0.4, -0.2) is 76.2 Å². The molecule has 0 aliphatic rings. The fourth-order valence-corrected chi connectivity index (χ4v) is 4.92. The predicted octanol–water partition coefficient (Wildman–Crippen LogP) is 1.77. The van der Waals surface area contributed by atoms with Gasteiger partial charge in [0.25, 0.3) is 0 Å². The molecule has 15 heteroatoms. The van der Waals surface area contributed by atoms with Gasteiger partial charge in [0.05, 0.1) is 18.7 Å². The van der Waals surface area contributed by atoms with E-state index in [1.165, 1.54) is 26.0 Å². The number of carboxylic acids is 1. The molecule has 2 unspecified atom stereocenters. The Labute approximate surface area is 276 Å². The number of aliphatic carboxylic acids is 1. The normalized spacial score (nSPS) is 14.3. The smallest absolute Gasteiger partial charge is 0.316 e. The number of nitrogens with two attached hydrogens (primary N) is 1. The molecule has 0 saturated heterocycles. The highest BCUT2D eigenvalue weighted by molar-refractivity contribution is 6.35. The van der Waals surface area contributed by atoms with Crippen molar-refractivity contribution in [2.24, 2.45) is 17.6 Å². The van der Waals surface area contributed by atoms with E-state index < -0.39 is 77.9 Å². The molecular formula is C31H38Cl2N4O9. The van der Waals surface area contributed by atoms with Gasteiger partial charge in [-0.1, -0.05) is 55.2 Å². The van der Waals surface area contributed by atoms with Crippen LogP contribution in [-0.2, 0) is 46.5 Å². The zero-order chi connectivity index (χ0) is 34.7. The van der Waals surface area contributed by atoms with Crippen molar-refractivity contribution in [3.8, 4) is 5.75 Å². The van der Waals surface area contributed by atoms with Crippen LogP contribution in [0.4, 0.5) is 0 Å². The van der Waals surface area contributed by atoms with Gasteiger partial charge in [-0.3, -0.25) is 28.8 Å². The second-order valence-electron chi connectivity index (χ2n) is 11.0. The molecule has 0 heterocycles. The number of carbonyl (C=O) groups excluding carboxylic acids is 5. The van der Waals surface area contributed by atoms with E-state index in [-0.39, 0.29) is 18.8 Å². The van der Waals surface area contributed by atoms with Gasteiger partial charge in [0, 0.05) is 29.0 Å². The van der Waals surface area contributed by atoms with E-state index in [0.29, 0.717) is 21.2 Å². The van der Waals surface area contributed by atoms with E-state index in [0.717, 1.165) is 0 Å². The number of ketones is 2. The summed E-state index contributed by atoms with van der Waals surface area (Å²) in [6, 6.07) is 5.28. The summed E-state index contributed by atoms with van der Waals surface area (Å²) in [6.07, 6.45) is 0.0500. The summed E-state index contributed by atoms with van der Waals surface area (Å²) in [7, 11) is 0. The predicted molar refractivity (Wildman–Crippen MR) is 169 cm³/mol. The number of ether oxygens (including phenoxy) is 1. The van der Waals surface area contributed by atoms with E-state index in [1.807, 2.05) is 0 Å². The van der Waals surface area contributed by atoms with Crippen LogP contribution >= 0.6 is 23.2 Å². The van der Waals surface area contributed by atoms with Crippen molar-refractivity contribution in [3.05, 3.63) is 63.6 Å². The second kappa shape index (κ2) is 17.6. The number of Topliss-reactive ketones (excluding diaryl/α,β-unsaturated/α-hetero) is 2. The van der Waals surface area contributed by atoms with Crippen LogP contribution in [0, 0.1) is 11.8 Å². The lowest BCUT2D eigenvalue weighted by Crippen LogP contribution is -2.58. The van der Waals surface area contributed by atoms with Gasteiger partial charge in [0.1, 0.15) is 30.4 Å². The molecule has 250 valence electrons. The minimum atomic E-state index is -2.02. The van der Waals surface area contributed by atoms with E-state index in [9.17, 15) is 39.0 Å². The summed E-state index contributed by atoms with van der Waals surface area (Å²) in [5, 5.41) is 27.4. The van der Waals surface area contributed by atoms with E-state index in [4.69, 9.17) is 33.7 Å². The summed E-state index contributed by atoms with van der Waals surface area (Å²) >= 11 is 12.2. The van der Waals surface area contributed by atoms with Gasteiger partial charge in [-0.15, -0.1) is 0 Å². The van der Waals surface area contributed by atoms with Gasteiger partial charge in [-0.05, 0) is 42.7 Å². The quantitative estimate of drug-likeness (QED) is 0.133. The third-order valence-corrected chi connectivity index (χ3v) is 7.67. The van der Waals surface area contributed by atoms with E-state index in [2.05, 4.69) is 16.0 Å². The number of aromatic hydroxyl groups is 1. The zero-order valence-electron chi connectivity index (χ0n) is 25.7. The van der Waals surface area contributed by atoms with Crippen molar-refractivity contribution < 1.29 is 43.7 Å². The first-order valence-electron chi connectivity index (χ1n) is 14.2. The SMILES string of the molecule is CC(=O)N[C@@H](Cc1ccc(O)cc1)C(=O)N[C@H](C(=O)N[C@@H](C)C(=O)C(C(=O)O)C(N)C(=O)COCc1c(Cl)cccc1Cl)C(C)C. The Bertz CT molecular complexity index is 1420. The molecule has 0 fully saturated rings. The molecule has 2 aromatic carbocycles. The minimum absolute atomic E-state index is 0.0204. The Morgan fingerprint density at radius 1 is 0.891 bits per heavy atom. The maximum Gasteiger partial charge on any atom is 0.316 e. The van der Waals surface area contributed by atoms with Crippen LogP contribution in [0.2, 0.25) is 10.0 Å². The molecule has 3 amide bonds. The molecule has 2 rings (SSSR count). The van der Waals surface area contributed by atoms with Crippen molar-refractivity contribution in [3.63, 3.8) is 0 Å². The number of phenols is 1. The van der Waals surface area contributed by atoms with Crippen LogP contribution in [0.25, 0.3) is 0 Å². The van der Waals surface area contributed by atoms with Crippen LogP contribution in [0.5, 0.6) is 5.75 Å². The fraction of sp³-hybridized carbons (Fsp3) is 0.419. The lowest BCUT2D eigenvalue weighted by Gasteiger charge is -2.27. The number of hydrogen-bond acceptors (Lipinski definition) is 9. The summed E-state index contributed by atoms with van der Waals surface area (Å²) in [5.41, 5.74) is 6.92. The molecule has 0 aliphatic carbocycles. The molecule has 7 N–H and O–H groups in total. The highest BCUT2D eigenvalue weighted by Crippen LogP contribution is 2.25. The third-order valence-electron chi connectivity index (χ3n) is 6.96. The molecule has 46 heavy (non-hydrogen) atoms. The molecule has 0 aliphatic heterocycles. The number of carboxylic acid groups (broad SMARTS) is 1. The molecule has 0 aromatic heterocycles. The topological polar surface area (TPSA) is 214 Å². The van der Waals surface area contributed by atoms with Crippen LogP contribution in [0.3, 0.4) is 0 Å². The van der Waals surface area contributed by atoms with Gasteiger partial charge >= 0.3 is 5.97 Å². The minimum Gasteiger partial charge on any atom is -0.508 e. The number of amides is 3. The summed E-state index contributed by atoms with van der Waals surface area (Å²) in [4.78, 5) is 76.1. The third kappa shape index (κ3) is 11.1. The molecular weight excluding hydrogens is 643 g/mol. The lowest BCUT2D eigenvalue weighted by atomic mass is 9.89. The molecule has 13 nitrogen and oxygen atoms in total. The average molecular weight is 682 g/mol. The monoisotopic (exact) mass is 680 g/mol. The molecule has 2 aromatic rings. The Kier molecular flexibility index (Phi) is 14.6. The largest absolute Gasteiger partial charge is 0.508 e. The lowest BCUT2D eigenvalue weighted by molar-refractivity contribution is -0.151. The Morgan fingerprint density at radius 2 is 1.48 bits per heavy atom. The zero-order valence-corrected chi connectivity index (χ0v) is 27.2. The highest BCUT2D eigenvalue weighted by atomic mass is 35.5. The van der Waals surface area contributed by atoms with Crippen molar-refractivity contribution in [2.75, 3.05) is 6.61 Å². The first-order chi connectivity index (χ1) is 21.5. The van der Waals surface area contributed by atoms with Crippen LogP contribution in [0.1, 0.15) is 38.8 Å². The summed E-state index contributed by atoms with van der Waals surface area (Å²) in [5.74, 6) is -8.09. The Balaban J connectivity index is 2.09. The standard InChI is InChI=1S/C31H38Cl2N4O9/c1-15(2)27(37-29(42)23(36-17(4)38)12-18-8-10-19(39)11-9-18)30(43)35-16(3)28(41)25(31(44)45)26(34)24(40)14-46-13-20-21(32)6-5-7-22(20)33/h5-11,15-16,23,25-27,39H,12-14,34H2,1-4H3,(H,35,43)(H,36,38)(H,37,42)(H,44,45)/t16-,23-,25?,26?,27-/m0/s1. The molecule has 0 radical (unpaired) electrons. The maximum atomic E-state index is 13.2. The Hall–Kier alpha value is -4.04. The van der Waals surface area contributed by atoms with Gasteiger partial charge in [0.15, 0.2) is 11.6 Å². The van der Waals surface area contributed by atoms with Gasteiger partial charge < -0.3 is 36.6 Å². The van der Waals surface area contributed by atoms with Crippen molar-refractivity contribution in [2.45, 2.75) is 64.9 Å². The molecule has 0 saturated carbocycles. The number of halogens is 2. The number of nitrogens with one attached hydrogen (secondary N) is 3. The Morgan fingerprint density at radius 3 is 2.00 bits per heavy atom. The number of benzene rings is 2. The summed E-state index contributed by atoms with van der Waals surface area (Å²) < 4.78 is 5.33. The van der Waals surface area contributed by atoms with E-state index >= 15 is 0 Å². The second-order valence-corrected chi connectivity index (χ2v) is 11.8. The van der Waals surface area contributed by atoms with Crippen molar-refractivity contribution >= 4 is 58.5 Å². The first kappa shape index (κ1) is 38.1. The van der Waals surface area contributed by atoms with Gasteiger partial charge in [-0.2, -0.15) is 0 Å². The van der Waals surface area contributed by atoms with Gasteiger partial charge in [0.2, 0.25) is 17.7 Å². The molecule has 5 atom stereocenters. The number of rotatable bonds is 17. The highest BCUT2D eigenvalue weighted by Gasteiger charge is 2.40. The number of carbonyl (C=O) groups is 6. The first-order valence-corrected chi connectivity index (χ1v) is 15.0. The number of hydrogen-bond donors (Lipinski definition) is 6. The average Bonchev–Trinajstić information content (AvgIpc) is 2.97. The van der Waals surface area contributed by atoms with Crippen molar-refractivity contribution in [1.29, 1.82) is 0 Å². The van der Waals surface area contributed by atoms with Gasteiger partial charge in [-0.25, -0.2) is 0 Å². The van der Waals surface area contributed by atoms with Crippen LogP contribution < -0.4 is 21.7 Å². The molecule has 0 spiro atoms. The molecule has 0 bridgehead atoms. The summed E-state index contributed by atoms with van der Waals surface area (Å²) in [6.45, 7) is 4.92. The van der Waals surface area contributed by atoms with Crippen LogP contribution in [0.15, 0.2) is 42.5 Å².